The third-order valence-electron chi connectivity index (χ3n) is 3.99. The zero-order valence-corrected chi connectivity index (χ0v) is 15.1. The maximum absolute atomic E-state index is 12.9. The molecule has 0 atom stereocenters. The van der Waals surface area contributed by atoms with Crippen LogP contribution in [0.5, 0.6) is 5.75 Å². The largest absolute Gasteiger partial charge is 0.628 e. The first kappa shape index (κ1) is 18.9. The van der Waals surface area contributed by atoms with Crippen molar-refractivity contribution in [3.63, 3.8) is 0 Å². The number of anilines is 2. The Hall–Kier alpha value is -2.91. The van der Waals surface area contributed by atoms with Gasteiger partial charge in [-0.1, -0.05) is 17.7 Å². The molecule has 3 aromatic rings. The monoisotopic (exact) mass is 388 g/mol. The minimum atomic E-state index is -1.50. The van der Waals surface area contributed by atoms with Gasteiger partial charge in [-0.2, -0.15) is 0 Å². The molecule has 0 unspecified atom stereocenters. The first-order valence-corrected chi connectivity index (χ1v) is 8.22. The maximum atomic E-state index is 12.9. The normalized spacial score (nSPS) is 11.0. The number of carbonyl (C=O) groups is 1. The average molecular weight is 389 g/mol. The van der Waals surface area contributed by atoms with Gasteiger partial charge in [0.25, 0.3) is 0 Å². The van der Waals surface area contributed by atoms with Gasteiger partial charge in [-0.25, -0.2) is 0 Å². The van der Waals surface area contributed by atoms with Crippen LogP contribution in [0.15, 0.2) is 41.2 Å². The van der Waals surface area contributed by atoms with Crippen molar-refractivity contribution in [1.29, 1.82) is 0 Å². The van der Waals surface area contributed by atoms with Gasteiger partial charge in [-0.15, -0.1) is 0 Å². The Morgan fingerprint density at radius 1 is 1.26 bits per heavy atom. The molecule has 3 rings (SSSR count). The van der Waals surface area contributed by atoms with Crippen LogP contribution in [0.1, 0.15) is 17.3 Å². The molecule has 9 heteroatoms. The number of hydrogen-bond acceptors (Lipinski definition) is 6. The molecule has 2 aromatic carbocycles. The molecule has 0 amide bonds. The van der Waals surface area contributed by atoms with Gasteiger partial charge in [0.15, 0.2) is 11.5 Å². The Bertz CT molecular complexity index is 1090. The van der Waals surface area contributed by atoms with E-state index in [2.05, 4.69) is 10.3 Å². The van der Waals surface area contributed by atoms with E-state index in [1.807, 2.05) is 0 Å². The summed E-state index contributed by atoms with van der Waals surface area (Å²) in [5.74, 6) is 0.145. The smallest absolute Gasteiger partial charge is 0.202 e. The quantitative estimate of drug-likeness (QED) is 0.456. The highest BCUT2D eigenvalue weighted by atomic mass is 35.5. The van der Waals surface area contributed by atoms with E-state index in [9.17, 15) is 20.0 Å². The standard InChI is InChI=1S/C18H15ClN3O5/c1-9(23)15-17(24)13-6-10(19)7-14(22(25)26)16(13)21-18(15)20-11-4-3-5-12(8-11)27-2/h3-8,22H,1-2H3,(H2,20,21,24)/q-1. The summed E-state index contributed by atoms with van der Waals surface area (Å²) in [6.45, 7) is 1.25. The number of quaternary nitrogens is 1. The van der Waals surface area contributed by atoms with Gasteiger partial charge in [0.05, 0.1) is 12.5 Å². The lowest BCUT2D eigenvalue weighted by molar-refractivity contribution is -0.714. The van der Waals surface area contributed by atoms with Crippen LogP contribution in [-0.2, 0) is 0 Å². The van der Waals surface area contributed by atoms with Crippen molar-refractivity contribution in [2.75, 3.05) is 12.4 Å². The first-order valence-electron chi connectivity index (χ1n) is 7.84. The number of carbonyl (C=O) groups excluding carboxylic acids is 1. The summed E-state index contributed by atoms with van der Waals surface area (Å²) in [4.78, 5) is 27.8. The minimum Gasteiger partial charge on any atom is -0.628 e. The van der Waals surface area contributed by atoms with Crippen molar-refractivity contribution in [1.82, 2.24) is 4.98 Å². The Labute approximate surface area is 158 Å². The van der Waals surface area contributed by atoms with Crippen molar-refractivity contribution in [2.24, 2.45) is 0 Å². The van der Waals surface area contributed by atoms with Gasteiger partial charge in [0.1, 0.15) is 22.6 Å². The molecule has 0 fully saturated rings. The van der Waals surface area contributed by atoms with E-state index >= 15 is 0 Å². The lowest BCUT2D eigenvalue weighted by Crippen LogP contribution is -2.96. The molecule has 0 spiro atoms. The van der Waals surface area contributed by atoms with Crippen molar-refractivity contribution < 1.29 is 14.8 Å². The van der Waals surface area contributed by atoms with Crippen molar-refractivity contribution in [3.05, 3.63) is 67.6 Å². The highest BCUT2D eigenvalue weighted by Crippen LogP contribution is 2.27. The summed E-state index contributed by atoms with van der Waals surface area (Å²) in [6.07, 6.45) is 0. The number of ether oxygens (including phenoxy) is 1. The predicted molar refractivity (Wildman–Crippen MR) is 103 cm³/mol. The number of methoxy groups -OCH3 is 1. The number of ketones is 1. The molecule has 0 radical (unpaired) electrons. The summed E-state index contributed by atoms with van der Waals surface area (Å²) in [7, 11) is 1.51. The number of aromatic amines is 1. The number of hydrogen-bond donors (Lipinski definition) is 3. The highest BCUT2D eigenvalue weighted by Gasteiger charge is 2.20. The summed E-state index contributed by atoms with van der Waals surface area (Å²) >= 11 is 5.92. The van der Waals surface area contributed by atoms with E-state index in [1.54, 1.807) is 24.3 Å². The molecule has 0 aliphatic rings. The van der Waals surface area contributed by atoms with Gasteiger partial charge in [-0.05, 0) is 25.1 Å². The molecule has 1 heterocycles. The van der Waals surface area contributed by atoms with E-state index in [0.717, 1.165) is 0 Å². The molecule has 3 N–H and O–H groups in total. The molecule has 8 nitrogen and oxygen atoms in total. The number of rotatable bonds is 5. The molecule has 0 saturated heterocycles. The van der Waals surface area contributed by atoms with E-state index < -0.39 is 16.4 Å². The third-order valence-corrected chi connectivity index (χ3v) is 4.20. The SMILES string of the molecule is COc1cccc(Nc2[nH]c3c([NH+]([O-])[O-])cc(Cl)cc3c(=O)c2C(C)=O)c1. The summed E-state index contributed by atoms with van der Waals surface area (Å²) in [6, 6.07) is 9.31. The van der Waals surface area contributed by atoms with Crippen LogP contribution < -0.4 is 20.7 Å². The highest BCUT2D eigenvalue weighted by molar-refractivity contribution is 6.31. The van der Waals surface area contributed by atoms with Crippen LogP contribution in [-0.4, -0.2) is 17.9 Å². The number of benzene rings is 2. The van der Waals surface area contributed by atoms with Crippen molar-refractivity contribution in [2.45, 2.75) is 6.92 Å². The molecular formula is C18H15ClN3O5-. The fourth-order valence-electron chi connectivity index (χ4n) is 2.79. The lowest BCUT2D eigenvalue weighted by Gasteiger charge is -2.26. The predicted octanol–water partition coefficient (Wildman–Crippen LogP) is 2.65. The minimum absolute atomic E-state index is 0.0110. The maximum Gasteiger partial charge on any atom is 0.202 e. The Balaban J connectivity index is 2.28. The molecule has 140 valence electrons. The van der Waals surface area contributed by atoms with E-state index in [-0.39, 0.29) is 33.0 Å². The average Bonchev–Trinajstić information content (AvgIpc) is 2.61. The third kappa shape index (κ3) is 3.64. The Morgan fingerprint density at radius 2 is 2.00 bits per heavy atom. The second-order valence-corrected chi connectivity index (χ2v) is 6.22. The molecule has 27 heavy (non-hydrogen) atoms. The molecule has 0 aliphatic carbocycles. The number of aromatic nitrogens is 1. The topological polar surface area (TPSA) is 122 Å². The van der Waals surface area contributed by atoms with Crippen molar-refractivity contribution in [3.8, 4) is 5.75 Å². The van der Waals surface area contributed by atoms with Crippen molar-refractivity contribution >= 4 is 45.5 Å². The molecule has 0 bridgehead atoms. The van der Waals surface area contributed by atoms with Gasteiger partial charge < -0.3 is 30.7 Å². The number of fused-ring (bicyclic) bond motifs is 1. The molecular weight excluding hydrogens is 374 g/mol. The van der Waals surface area contributed by atoms with Crippen LogP contribution >= 0.6 is 11.6 Å². The number of halogens is 1. The van der Waals surface area contributed by atoms with Gasteiger partial charge >= 0.3 is 0 Å². The van der Waals surface area contributed by atoms with Crippen LogP contribution in [0.3, 0.4) is 0 Å². The summed E-state index contributed by atoms with van der Waals surface area (Å²) < 4.78 is 5.15. The molecule has 0 saturated carbocycles. The number of pyridine rings is 1. The van der Waals surface area contributed by atoms with Gasteiger partial charge in [-0.3, -0.25) is 9.59 Å². The Kier molecular flexibility index (Phi) is 5.15. The zero-order valence-electron chi connectivity index (χ0n) is 14.4. The Morgan fingerprint density at radius 3 is 2.63 bits per heavy atom. The van der Waals surface area contributed by atoms with Gasteiger partial charge in [0.2, 0.25) is 5.43 Å². The van der Waals surface area contributed by atoms with E-state index in [1.165, 1.54) is 26.2 Å². The van der Waals surface area contributed by atoms with Crippen LogP contribution in [0.25, 0.3) is 10.9 Å². The second kappa shape index (κ2) is 7.37. The van der Waals surface area contributed by atoms with Gasteiger partial charge in [0, 0.05) is 22.8 Å². The fraction of sp³-hybridized carbons (Fsp3) is 0.111. The number of nitrogens with one attached hydrogen (secondary N) is 3. The van der Waals surface area contributed by atoms with Crippen LogP contribution in [0.2, 0.25) is 5.02 Å². The fourth-order valence-corrected chi connectivity index (χ4v) is 3.01. The molecule has 1 aromatic heterocycles. The van der Waals surface area contributed by atoms with E-state index in [0.29, 0.717) is 11.4 Å². The second-order valence-electron chi connectivity index (χ2n) is 5.78. The van der Waals surface area contributed by atoms with E-state index in [4.69, 9.17) is 16.3 Å². The number of Topliss-reactive ketones (excluding diaryl/α,β-unsaturated/α-hetero) is 1. The van der Waals surface area contributed by atoms with Crippen LogP contribution in [0.4, 0.5) is 17.2 Å². The lowest BCUT2D eigenvalue weighted by atomic mass is 10.1. The first-order chi connectivity index (χ1) is 12.8. The summed E-state index contributed by atoms with van der Waals surface area (Å²) in [5, 5.41) is 24.4. The number of H-pyrrole nitrogens is 1. The van der Waals surface area contributed by atoms with Crippen LogP contribution in [0, 0.1) is 10.4 Å². The zero-order chi connectivity index (χ0) is 19.7. The molecule has 0 aliphatic heterocycles. The summed E-state index contributed by atoms with van der Waals surface area (Å²) in [5.41, 5.74) is -0.502.